The molecule has 2 aromatic rings. The molecule has 1 fully saturated rings. The molecule has 1 saturated heterocycles. The van der Waals surface area contributed by atoms with E-state index in [1.807, 2.05) is 12.1 Å². The first-order chi connectivity index (χ1) is 11.2. The molecule has 0 unspecified atom stereocenters. The highest BCUT2D eigenvalue weighted by molar-refractivity contribution is 5.82. The molecule has 0 radical (unpaired) electrons. The number of aryl methyl sites for hydroxylation is 1. The van der Waals surface area contributed by atoms with E-state index in [0.29, 0.717) is 0 Å². The van der Waals surface area contributed by atoms with Crippen molar-refractivity contribution >= 4 is 16.9 Å². The van der Waals surface area contributed by atoms with Crippen LogP contribution in [0.4, 0.5) is 0 Å². The fourth-order valence-corrected chi connectivity index (χ4v) is 3.42. The van der Waals surface area contributed by atoms with Gasteiger partial charge in [0.2, 0.25) is 0 Å². The highest BCUT2D eigenvalue weighted by atomic mass is 16.4. The van der Waals surface area contributed by atoms with Crippen molar-refractivity contribution in [3.05, 3.63) is 35.6 Å². The van der Waals surface area contributed by atoms with Crippen molar-refractivity contribution in [2.45, 2.75) is 45.6 Å². The maximum atomic E-state index is 11.1. The van der Waals surface area contributed by atoms with Crippen LogP contribution in [0.15, 0.2) is 28.7 Å². The van der Waals surface area contributed by atoms with Crippen LogP contribution in [0.3, 0.4) is 0 Å². The van der Waals surface area contributed by atoms with Crippen LogP contribution in [0.2, 0.25) is 0 Å². The van der Waals surface area contributed by atoms with Gasteiger partial charge in [0.05, 0.1) is 5.92 Å². The van der Waals surface area contributed by atoms with Crippen LogP contribution in [0.25, 0.3) is 11.0 Å². The molecule has 1 aromatic heterocycles. The van der Waals surface area contributed by atoms with Gasteiger partial charge in [-0.1, -0.05) is 31.5 Å². The molecule has 1 aliphatic rings. The number of carbonyl (C=O) groups is 1. The average Bonchev–Trinajstić information content (AvgIpc) is 2.91. The van der Waals surface area contributed by atoms with Crippen LogP contribution in [-0.4, -0.2) is 29.1 Å². The van der Waals surface area contributed by atoms with Gasteiger partial charge in [-0.3, -0.25) is 9.69 Å². The largest absolute Gasteiger partial charge is 0.481 e. The number of benzene rings is 1. The van der Waals surface area contributed by atoms with Gasteiger partial charge in [-0.05, 0) is 38.4 Å². The van der Waals surface area contributed by atoms with Gasteiger partial charge in [0.25, 0.3) is 0 Å². The normalized spacial score (nSPS) is 16.9. The second-order valence-corrected chi connectivity index (χ2v) is 6.49. The summed E-state index contributed by atoms with van der Waals surface area (Å²) in [5, 5.41) is 10.3. The van der Waals surface area contributed by atoms with Gasteiger partial charge in [0.1, 0.15) is 11.3 Å². The molecule has 4 heteroatoms. The van der Waals surface area contributed by atoms with E-state index in [0.717, 1.165) is 63.1 Å². The number of aliphatic carboxylic acids is 1. The Balaban J connectivity index is 1.77. The third kappa shape index (κ3) is 3.58. The highest BCUT2D eigenvalue weighted by Crippen LogP contribution is 2.29. The molecule has 0 spiro atoms. The second kappa shape index (κ2) is 7.18. The summed E-state index contributed by atoms with van der Waals surface area (Å²) >= 11 is 0. The third-order valence-electron chi connectivity index (χ3n) is 4.86. The molecule has 0 amide bonds. The number of fused-ring (bicyclic) bond motifs is 1. The standard InChI is InChI=1S/C19H25NO3/c1-2-3-7-18-16(15-6-4-5-8-17(15)23-18)13-20-11-9-14(10-12-20)19(21)22/h4-6,8,14H,2-3,7,9-13H2,1H3,(H,21,22). The summed E-state index contributed by atoms with van der Waals surface area (Å²) in [5.74, 6) is 0.280. The number of para-hydroxylation sites is 1. The molecule has 4 nitrogen and oxygen atoms in total. The molecule has 1 N–H and O–H groups in total. The molecule has 3 rings (SSSR count). The molecule has 1 aromatic carbocycles. The minimum absolute atomic E-state index is 0.174. The molecule has 2 heterocycles. The van der Waals surface area contributed by atoms with Crippen LogP contribution < -0.4 is 0 Å². The first kappa shape index (κ1) is 16.1. The molecule has 0 bridgehead atoms. The van der Waals surface area contributed by atoms with Crippen molar-refractivity contribution in [3.8, 4) is 0 Å². The lowest BCUT2D eigenvalue weighted by atomic mass is 9.96. The number of piperidine rings is 1. The van der Waals surface area contributed by atoms with Gasteiger partial charge in [-0.15, -0.1) is 0 Å². The first-order valence-corrected chi connectivity index (χ1v) is 8.63. The highest BCUT2D eigenvalue weighted by Gasteiger charge is 2.25. The van der Waals surface area contributed by atoms with Crippen molar-refractivity contribution in [2.24, 2.45) is 5.92 Å². The van der Waals surface area contributed by atoms with Crippen molar-refractivity contribution in [1.29, 1.82) is 0 Å². The number of carboxylic acids is 1. The fourth-order valence-electron chi connectivity index (χ4n) is 3.42. The number of unbranched alkanes of at least 4 members (excludes halogenated alkanes) is 1. The molecular formula is C19H25NO3. The molecular weight excluding hydrogens is 290 g/mol. The van der Waals surface area contributed by atoms with E-state index in [1.165, 1.54) is 10.9 Å². The Hall–Kier alpha value is -1.81. The van der Waals surface area contributed by atoms with Gasteiger partial charge in [0.15, 0.2) is 0 Å². The van der Waals surface area contributed by atoms with Crippen LogP contribution in [0.5, 0.6) is 0 Å². The maximum absolute atomic E-state index is 11.1. The number of hydrogen-bond acceptors (Lipinski definition) is 3. The number of hydrogen-bond donors (Lipinski definition) is 1. The Morgan fingerprint density at radius 2 is 2.04 bits per heavy atom. The van der Waals surface area contributed by atoms with Crippen LogP contribution in [-0.2, 0) is 17.8 Å². The summed E-state index contributed by atoms with van der Waals surface area (Å²) in [6, 6.07) is 8.23. The van der Waals surface area contributed by atoms with Crippen molar-refractivity contribution in [2.75, 3.05) is 13.1 Å². The molecule has 0 saturated carbocycles. The number of furan rings is 1. The average molecular weight is 315 g/mol. The van der Waals surface area contributed by atoms with Crippen molar-refractivity contribution in [3.63, 3.8) is 0 Å². The van der Waals surface area contributed by atoms with E-state index in [1.54, 1.807) is 0 Å². The fraction of sp³-hybridized carbons (Fsp3) is 0.526. The number of rotatable bonds is 6. The third-order valence-corrected chi connectivity index (χ3v) is 4.86. The summed E-state index contributed by atoms with van der Waals surface area (Å²) in [7, 11) is 0. The Bertz CT molecular complexity index is 668. The SMILES string of the molecule is CCCCc1oc2ccccc2c1CN1CCC(C(=O)O)CC1. The molecule has 1 aliphatic heterocycles. The summed E-state index contributed by atoms with van der Waals surface area (Å²) < 4.78 is 6.08. The van der Waals surface area contributed by atoms with E-state index in [-0.39, 0.29) is 5.92 Å². The van der Waals surface area contributed by atoms with E-state index < -0.39 is 5.97 Å². The van der Waals surface area contributed by atoms with E-state index in [4.69, 9.17) is 9.52 Å². The van der Waals surface area contributed by atoms with E-state index in [9.17, 15) is 4.79 Å². The summed E-state index contributed by atoms with van der Waals surface area (Å²) in [6.45, 7) is 4.76. The molecule has 0 atom stereocenters. The Kier molecular flexibility index (Phi) is 5.01. The zero-order valence-electron chi connectivity index (χ0n) is 13.8. The minimum Gasteiger partial charge on any atom is -0.481 e. The van der Waals surface area contributed by atoms with Crippen LogP contribution >= 0.6 is 0 Å². The lowest BCUT2D eigenvalue weighted by Gasteiger charge is -2.30. The maximum Gasteiger partial charge on any atom is 0.306 e. The van der Waals surface area contributed by atoms with Gasteiger partial charge in [-0.25, -0.2) is 0 Å². The lowest BCUT2D eigenvalue weighted by Crippen LogP contribution is -2.35. The predicted molar refractivity (Wildman–Crippen MR) is 90.5 cm³/mol. The smallest absolute Gasteiger partial charge is 0.306 e. The van der Waals surface area contributed by atoms with Gasteiger partial charge < -0.3 is 9.52 Å². The first-order valence-electron chi connectivity index (χ1n) is 8.63. The van der Waals surface area contributed by atoms with Gasteiger partial charge >= 0.3 is 5.97 Å². The Morgan fingerprint density at radius 1 is 1.30 bits per heavy atom. The van der Waals surface area contributed by atoms with E-state index in [2.05, 4.69) is 24.0 Å². The molecule has 23 heavy (non-hydrogen) atoms. The monoisotopic (exact) mass is 315 g/mol. The van der Waals surface area contributed by atoms with E-state index >= 15 is 0 Å². The number of carboxylic acid groups (broad SMARTS) is 1. The minimum atomic E-state index is -0.651. The number of nitrogens with zero attached hydrogens (tertiary/aromatic N) is 1. The summed E-state index contributed by atoms with van der Waals surface area (Å²) in [6.07, 6.45) is 4.76. The van der Waals surface area contributed by atoms with Crippen molar-refractivity contribution in [1.82, 2.24) is 4.90 Å². The Labute approximate surface area is 137 Å². The number of likely N-dealkylation sites (tertiary alicyclic amines) is 1. The van der Waals surface area contributed by atoms with Gasteiger partial charge in [0, 0.05) is 23.9 Å². The topological polar surface area (TPSA) is 53.7 Å². The second-order valence-electron chi connectivity index (χ2n) is 6.49. The molecule has 124 valence electrons. The summed E-state index contributed by atoms with van der Waals surface area (Å²) in [4.78, 5) is 13.5. The zero-order chi connectivity index (χ0) is 16.2. The zero-order valence-corrected chi connectivity index (χ0v) is 13.8. The Morgan fingerprint density at radius 3 is 2.74 bits per heavy atom. The quantitative estimate of drug-likeness (QED) is 0.873. The van der Waals surface area contributed by atoms with Crippen molar-refractivity contribution < 1.29 is 14.3 Å². The van der Waals surface area contributed by atoms with Crippen LogP contribution in [0, 0.1) is 5.92 Å². The summed E-state index contributed by atoms with van der Waals surface area (Å²) in [5.41, 5.74) is 2.26. The van der Waals surface area contributed by atoms with Gasteiger partial charge in [-0.2, -0.15) is 0 Å². The molecule has 0 aliphatic carbocycles. The lowest BCUT2D eigenvalue weighted by molar-refractivity contribution is -0.143. The predicted octanol–water partition coefficient (Wildman–Crippen LogP) is 4.07. The van der Waals surface area contributed by atoms with Crippen LogP contribution in [0.1, 0.15) is 43.9 Å².